The fourth-order valence-corrected chi connectivity index (χ4v) is 2.14. The third-order valence-corrected chi connectivity index (χ3v) is 3.27. The maximum absolute atomic E-state index is 13.0. The number of amides is 1. The number of hydrogen-bond donors (Lipinski definition) is 1. The van der Waals surface area contributed by atoms with E-state index in [4.69, 9.17) is 11.6 Å². The number of nitrogens with one attached hydrogen (secondary N) is 1. The summed E-state index contributed by atoms with van der Waals surface area (Å²) in [6, 6.07) is 1.05. The molecule has 0 radical (unpaired) electrons. The van der Waals surface area contributed by atoms with Crippen LogP contribution in [0.25, 0.3) is 0 Å². The highest BCUT2D eigenvalue weighted by atomic mass is 35.5. The number of nitrogens with zero attached hydrogens (tertiary/aromatic N) is 2. The van der Waals surface area contributed by atoms with E-state index in [1.165, 1.54) is 11.3 Å². The van der Waals surface area contributed by atoms with Crippen molar-refractivity contribution in [3.63, 3.8) is 0 Å². The number of aromatic nitrogens is 2. The molecule has 0 aliphatic heterocycles. The first kappa shape index (κ1) is 12.9. The number of hydrogen-bond acceptors (Lipinski definition) is 4. The van der Waals surface area contributed by atoms with Crippen LogP contribution in [0.3, 0.4) is 0 Å². The summed E-state index contributed by atoms with van der Waals surface area (Å²) in [5.74, 6) is -1.08. The zero-order chi connectivity index (χ0) is 13.1. The molecule has 18 heavy (non-hydrogen) atoms. The largest absolute Gasteiger partial charge is 0.346 e. The molecule has 0 saturated heterocycles. The van der Waals surface area contributed by atoms with Crippen molar-refractivity contribution in [1.29, 1.82) is 0 Å². The standard InChI is InChI=1S/C11H9ClFN3OS/c1-6-16-8(5-18-6)4-15-11(17)9-2-7(13)3-14-10(9)12/h2-3,5H,4H2,1H3,(H,15,17). The summed E-state index contributed by atoms with van der Waals surface area (Å²) in [5.41, 5.74) is 0.773. The van der Waals surface area contributed by atoms with Crippen molar-refractivity contribution in [2.45, 2.75) is 13.5 Å². The van der Waals surface area contributed by atoms with Gasteiger partial charge >= 0.3 is 0 Å². The molecule has 0 aliphatic rings. The summed E-state index contributed by atoms with van der Waals surface area (Å²) >= 11 is 7.22. The van der Waals surface area contributed by atoms with E-state index in [0.717, 1.165) is 23.0 Å². The van der Waals surface area contributed by atoms with Crippen molar-refractivity contribution in [3.05, 3.63) is 44.9 Å². The SMILES string of the molecule is Cc1nc(CNC(=O)c2cc(F)cnc2Cl)cs1. The molecule has 2 heterocycles. The van der Waals surface area contributed by atoms with Crippen molar-refractivity contribution < 1.29 is 9.18 Å². The van der Waals surface area contributed by atoms with Gasteiger partial charge < -0.3 is 5.32 Å². The summed E-state index contributed by atoms with van der Waals surface area (Å²) in [6.07, 6.45) is 0.961. The van der Waals surface area contributed by atoms with E-state index in [0.29, 0.717) is 0 Å². The van der Waals surface area contributed by atoms with Crippen LogP contribution in [0.1, 0.15) is 21.1 Å². The zero-order valence-electron chi connectivity index (χ0n) is 9.41. The minimum Gasteiger partial charge on any atom is -0.346 e. The van der Waals surface area contributed by atoms with Crippen molar-refractivity contribution in [3.8, 4) is 0 Å². The molecule has 0 atom stereocenters. The number of thiazole rings is 1. The van der Waals surface area contributed by atoms with E-state index in [-0.39, 0.29) is 17.3 Å². The first-order valence-corrected chi connectivity index (χ1v) is 6.32. The lowest BCUT2D eigenvalue weighted by atomic mass is 10.2. The van der Waals surface area contributed by atoms with Crippen LogP contribution in [0.15, 0.2) is 17.6 Å². The minimum absolute atomic E-state index is 0.0172. The lowest BCUT2D eigenvalue weighted by Gasteiger charge is -2.04. The Balaban J connectivity index is 2.05. The van der Waals surface area contributed by atoms with Gasteiger partial charge in [-0.15, -0.1) is 11.3 Å². The lowest BCUT2D eigenvalue weighted by molar-refractivity contribution is 0.0950. The average molecular weight is 286 g/mol. The minimum atomic E-state index is -0.603. The molecule has 0 saturated carbocycles. The van der Waals surface area contributed by atoms with Crippen molar-refractivity contribution in [1.82, 2.24) is 15.3 Å². The molecule has 0 aliphatic carbocycles. The highest BCUT2D eigenvalue weighted by molar-refractivity contribution is 7.09. The Labute approximate surface area is 112 Å². The zero-order valence-corrected chi connectivity index (χ0v) is 11.0. The monoisotopic (exact) mass is 285 g/mol. The molecular formula is C11H9ClFN3OS. The van der Waals surface area contributed by atoms with Gasteiger partial charge in [-0.3, -0.25) is 4.79 Å². The van der Waals surface area contributed by atoms with Crippen molar-refractivity contribution >= 4 is 28.8 Å². The fraction of sp³-hybridized carbons (Fsp3) is 0.182. The van der Waals surface area contributed by atoms with Gasteiger partial charge in [-0.1, -0.05) is 11.6 Å². The first-order chi connectivity index (χ1) is 8.56. The number of halogens is 2. The van der Waals surface area contributed by atoms with Gasteiger partial charge in [0.05, 0.1) is 29.0 Å². The molecule has 0 unspecified atom stereocenters. The quantitative estimate of drug-likeness (QED) is 0.882. The van der Waals surface area contributed by atoms with Gasteiger partial charge in [0.2, 0.25) is 0 Å². The van der Waals surface area contributed by atoms with Gasteiger partial charge in [0.25, 0.3) is 5.91 Å². The number of rotatable bonds is 3. The van der Waals surface area contributed by atoms with Crippen LogP contribution in [-0.4, -0.2) is 15.9 Å². The molecule has 2 aromatic rings. The highest BCUT2D eigenvalue weighted by Crippen LogP contribution is 2.14. The predicted molar refractivity (Wildman–Crippen MR) is 67.2 cm³/mol. The van der Waals surface area contributed by atoms with Gasteiger partial charge in [-0.25, -0.2) is 14.4 Å². The maximum atomic E-state index is 13.0. The second-order valence-corrected chi connectivity index (χ2v) is 4.95. The maximum Gasteiger partial charge on any atom is 0.254 e. The highest BCUT2D eigenvalue weighted by Gasteiger charge is 2.12. The number of aryl methyl sites for hydroxylation is 1. The Kier molecular flexibility index (Phi) is 3.88. The van der Waals surface area contributed by atoms with Crippen LogP contribution in [0.4, 0.5) is 4.39 Å². The molecule has 0 spiro atoms. The first-order valence-electron chi connectivity index (χ1n) is 5.06. The fourth-order valence-electron chi connectivity index (χ4n) is 1.34. The molecular weight excluding hydrogens is 277 g/mol. The second-order valence-electron chi connectivity index (χ2n) is 3.53. The van der Waals surface area contributed by atoms with Crippen LogP contribution >= 0.6 is 22.9 Å². The normalized spacial score (nSPS) is 10.4. The molecule has 94 valence electrons. The summed E-state index contributed by atoms with van der Waals surface area (Å²) < 4.78 is 13.0. The Morgan fingerprint density at radius 3 is 3.06 bits per heavy atom. The smallest absolute Gasteiger partial charge is 0.254 e. The van der Waals surface area contributed by atoms with Gasteiger partial charge in [-0.2, -0.15) is 0 Å². The van der Waals surface area contributed by atoms with E-state index in [1.807, 2.05) is 12.3 Å². The van der Waals surface area contributed by atoms with Crippen LogP contribution in [0.2, 0.25) is 5.15 Å². The van der Waals surface area contributed by atoms with Gasteiger partial charge in [0, 0.05) is 5.38 Å². The Morgan fingerprint density at radius 2 is 2.39 bits per heavy atom. The van der Waals surface area contributed by atoms with Gasteiger partial charge in [0.15, 0.2) is 0 Å². The Hall–Kier alpha value is -1.53. The second kappa shape index (κ2) is 5.41. The summed E-state index contributed by atoms with van der Waals surface area (Å²) in [6.45, 7) is 2.15. The van der Waals surface area contributed by atoms with E-state index in [9.17, 15) is 9.18 Å². The van der Waals surface area contributed by atoms with Crippen LogP contribution < -0.4 is 5.32 Å². The third-order valence-electron chi connectivity index (χ3n) is 2.15. The number of carbonyl (C=O) groups is 1. The van der Waals surface area contributed by atoms with Crippen LogP contribution in [0, 0.1) is 12.7 Å². The molecule has 0 aromatic carbocycles. The van der Waals surface area contributed by atoms with Crippen molar-refractivity contribution in [2.24, 2.45) is 0 Å². The van der Waals surface area contributed by atoms with Gasteiger partial charge in [0.1, 0.15) is 11.0 Å². The summed E-state index contributed by atoms with van der Waals surface area (Å²) in [4.78, 5) is 19.5. The third kappa shape index (κ3) is 3.02. The van der Waals surface area contributed by atoms with E-state index in [2.05, 4.69) is 15.3 Å². The van der Waals surface area contributed by atoms with Gasteiger partial charge in [-0.05, 0) is 13.0 Å². The van der Waals surface area contributed by atoms with Crippen molar-refractivity contribution in [2.75, 3.05) is 0 Å². The average Bonchev–Trinajstić information content (AvgIpc) is 2.75. The molecule has 2 aromatic heterocycles. The summed E-state index contributed by atoms with van der Waals surface area (Å²) in [5, 5.41) is 5.36. The van der Waals surface area contributed by atoms with Crippen LogP contribution in [-0.2, 0) is 6.54 Å². The Bertz CT molecular complexity index is 587. The molecule has 1 N–H and O–H groups in total. The van der Waals surface area contributed by atoms with E-state index in [1.54, 1.807) is 0 Å². The predicted octanol–water partition coefficient (Wildman–Crippen LogP) is 2.57. The molecule has 4 nitrogen and oxygen atoms in total. The topological polar surface area (TPSA) is 54.9 Å². The summed E-state index contributed by atoms with van der Waals surface area (Å²) in [7, 11) is 0. The van der Waals surface area contributed by atoms with E-state index >= 15 is 0 Å². The molecule has 1 amide bonds. The number of pyridine rings is 1. The van der Waals surface area contributed by atoms with E-state index < -0.39 is 11.7 Å². The van der Waals surface area contributed by atoms with Crippen LogP contribution in [0.5, 0.6) is 0 Å². The molecule has 2 rings (SSSR count). The molecule has 0 fully saturated rings. The number of carbonyl (C=O) groups excluding carboxylic acids is 1. The Morgan fingerprint density at radius 1 is 1.61 bits per heavy atom. The molecule has 7 heteroatoms. The lowest BCUT2D eigenvalue weighted by Crippen LogP contribution is -2.23. The molecule has 0 bridgehead atoms.